The van der Waals surface area contributed by atoms with Gasteiger partial charge in [-0.25, -0.2) is 0 Å². The molecule has 0 heterocycles. The van der Waals surface area contributed by atoms with E-state index in [1.54, 1.807) is 17.0 Å². The van der Waals surface area contributed by atoms with Gasteiger partial charge in [0.1, 0.15) is 5.75 Å². The minimum absolute atomic E-state index is 0.0741. The Hall–Kier alpha value is -1.65. The highest BCUT2D eigenvalue weighted by Gasteiger charge is 2.22. The van der Waals surface area contributed by atoms with Gasteiger partial charge in [0.15, 0.2) is 0 Å². The summed E-state index contributed by atoms with van der Waals surface area (Å²) in [7, 11) is 0. The zero-order valence-electron chi connectivity index (χ0n) is 13.0. The van der Waals surface area contributed by atoms with Crippen LogP contribution in [-0.2, 0) is 0 Å². The Balaban J connectivity index is 3.02. The van der Waals surface area contributed by atoms with Gasteiger partial charge in [-0.05, 0) is 24.0 Å². The molecule has 0 bridgehead atoms. The molecule has 3 nitrogen and oxygen atoms in total. The predicted molar refractivity (Wildman–Crippen MR) is 78.7 cm³/mol. The van der Waals surface area contributed by atoms with Gasteiger partial charge in [0.2, 0.25) is 0 Å². The molecule has 0 unspecified atom stereocenters. The first-order chi connectivity index (χ1) is 9.81. The summed E-state index contributed by atoms with van der Waals surface area (Å²) in [6.07, 6.45) is 0. The zero-order chi connectivity index (χ0) is 16.0. The number of benzene rings is 1. The first-order valence-corrected chi connectivity index (χ1v) is 7.14. The van der Waals surface area contributed by atoms with Gasteiger partial charge in [0.05, 0.1) is 5.56 Å². The predicted octanol–water partition coefficient (Wildman–Crippen LogP) is 4.04. The molecule has 1 amide bonds. The number of halogens is 2. The van der Waals surface area contributed by atoms with Crippen LogP contribution in [0.4, 0.5) is 8.78 Å². The molecule has 0 spiro atoms. The fraction of sp³-hybridized carbons (Fsp3) is 0.562. The van der Waals surface area contributed by atoms with Crippen LogP contribution < -0.4 is 4.74 Å². The van der Waals surface area contributed by atoms with Gasteiger partial charge < -0.3 is 9.64 Å². The van der Waals surface area contributed by atoms with Crippen LogP contribution >= 0.6 is 0 Å². The summed E-state index contributed by atoms with van der Waals surface area (Å²) in [5.74, 6) is 0.260. The summed E-state index contributed by atoms with van der Waals surface area (Å²) in [6, 6.07) is 6.13. The number of carbonyl (C=O) groups excluding carboxylic acids is 1. The van der Waals surface area contributed by atoms with E-state index in [1.165, 1.54) is 12.1 Å². The maximum Gasteiger partial charge on any atom is 0.387 e. The molecule has 21 heavy (non-hydrogen) atoms. The van der Waals surface area contributed by atoms with Gasteiger partial charge in [-0.3, -0.25) is 4.79 Å². The minimum atomic E-state index is -2.94. The standard InChI is InChI=1S/C16H23F2NO2/c1-11(2)9-19(10-12(3)4)15(20)13-7-5-6-8-14(13)21-16(17)18/h5-8,11-12,16H,9-10H2,1-4H3. The number of nitrogens with zero attached hydrogens (tertiary/aromatic N) is 1. The van der Waals surface area contributed by atoms with E-state index >= 15 is 0 Å². The monoisotopic (exact) mass is 299 g/mol. The summed E-state index contributed by atoms with van der Waals surface area (Å²) in [6.45, 7) is 6.29. The summed E-state index contributed by atoms with van der Waals surface area (Å²) in [4.78, 5) is 14.3. The molecule has 0 aliphatic rings. The number of para-hydroxylation sites is 1. The Morgan fingerprint density at radius 3 is 2.10 bits per heavy atom. The Labute approximate surface area is 124 Å². The van der Waals surface area contributed by atoms with Crippen molar-refractivity contribution in [2.75, 3.05) is 13.1 Å². The summed E-state index contributed by atoms with van der Waals surface area (Å²) in [5, 5.41) is 0. The molecule has 5 heteroatoms. The van der Waals surface area contributed by atoms with Crippen LogP contribution in [0.15, 0.2) is 24.3 Å². The summed E-state index contributed by atoms with van der Waals surface area (Å²) in [5.41, 5.74) is 0.180. The van der Waals surface area contributed by atoms with E-state index in [-0.39, 0.29) is 17.2 Å². The smallest absolute Gasteiger partial charge is 0.387 e. The van der Waals surface area contributed by atoms with Crippen LogP contribution in [0.1, 0.15) is 38.1 Å². The highest BCUT2D eigenvalue weighted by atomic mass is 19.3. The molecule has 0 N–H and O–H groups in total. The van der Waals surface area contributed by atoms with Crippen molar-refractivity contribution in [3.63, 3.8) is 0 Å². The largest absolute Gasteiger partial charge is 0.434 e. The molecule has 0 aliphatic heterocycles. The molecule has 118 valence electrons. The number of alkyl halides is 2. The Morgan fingerprint density at radius 1 is 1.10 bits per heavy atom. The van der Waals surface area contributed by atoms with Gasteiger partial charge in [0, 0.05) is 13.1 Å². The molecule has 0 fully saturated rings. The molecule has 0 aromatic heterocycles. The zero-order valence-corrected chi connectivity index (χ0v) is 13.0. The first kappa shape index (κ1) is 17.4. The second-order valence-electron chi connectivity index (χ2n) is 5.87. The van der Waals surface area contributed by atoms with Gasteiger partial charge in [-0.15, -0.1) is 0 Å². The molecule has 0 saturated heterocycles. The van der Waals surface area contributed by atoms with E-state index in [2.05, 4.69) is 4.74 Å². The Kier molecular flexibility index (Phi) is 6.59. The normalized spacial score (nSPS) is 11.3. The number of hydrogen-bond acceptors (Lipinski definition) is 2. The fourth-order valence-corrected chi connectivity index (χ4v) is 2.13. The highest BCUT2D eigenvalue weighted by molar-refractivity contribution is 5.97. The van der Waals surface area contributed by atoms with Gasteiger partial charge in [0.25, 0.3) is 5.91 Å². The topological polar surface area (TPSA) is 29.5 Å². The second kappa shape index (κ2) is 7.96. The van der Waals surface area contributed by atoms with E-state index in [1.807, 2.05) is 27.7 Å². The van der Waals surface area contributed by atoms with Crippen LogP contribution in [0.3, 0.4) is 0 Å². The molecule has 0 aliphatic carbocycles. The van der Waals surface area contributed by atoms with E-state index < -0.39 is 6.61 Å². The quantitative estimate of drug-likeness (QED) is 0.760. The molecule has 0 radical (unpaired) electrons. The summed E-state index contributed by atoms with van der Waals surface area (Å²) >= 11 is 0. The molecule has 0 saturated carbocycles. The van der Waals surface area contributed by atoms with E-state index in [9.17, 15) is 13.6 Å². The third-order valence-corrected chi connectivity index (χ3v) is 2.79. The van der Waals surface area contributed by atoms with Crippen molar-refractivity contribution in [2.45, 2.75) is 34.3 Å². The van der Waals surface area contributed by atoms with Crippen molar-refractivity contribution < 1.29 is 18.3 Å². The average molecular weight is 299 g/mol. The van der Waals surface area contributed by atoms with Crippen LogP contribution in [-0.4, -0.2) is 30.5 Å². The highest BCUT2D eigenvalue weighted by Crippen LogP contribution is 2.22. The second-order valence-corrected chi connectivity index (χ2v) is 5.87. The van der Waals surface area contributed by atoms with Crippen LogP contribution in [0.5, 0.6) is 5.75 Å². The molecule has 0 atom stereocenters. The molecule has 1 aromatic carbocycles. The van der Waals surface area contributed by atoms with Crippen molar-refractivity contribution >= 4 is 5.91 Å². The maximum absolute atomic E-state index is 12.6. The third kappa shape index (κ3) is 5.69. The SMILES string of the molecule is CC(C)CN(CC(C)C)C(=O)c1ccccc1OC(F)F. The molecular weight excluding hydrogens is 276 g/mol. The molecule has 1 aromatic rings. The van der Waals surface area contributed by atoms with Crippen molar-refractivity contribution in [3.8, 4) is 5.75 Å². The number of amides is 1. The number of carbonyl (C=O) groups is 1. The number of ether oxygens (including phenoxy) is 1. The Bertz CT molecular complexity index is 451. The van der Waals surface area contributed by atoms with Gasteiger partial charge >= 0.3 is 6.61 Å². The minimum Gasteiger partial charge on any atom is -0.434 e. The lowest BCUT2D eigenvalue weighted by atomic mass is 10.1. The van der Waals surface area contributed by atoms with Crippen molar-refractivity contribution in [3.05, 3.63) is 29.8 Å². The maximum atomic E-state index is 12.6. The van der Waals surface area contributed by atoms with Crippen LogP contribution in [0.25, 0.3) is 0 Å². The van der Waals surface area contributed by atoms with Crippen LogP contribution in [0, 0.1) is 11.8 Å². The average Bonchev–Trinajstić information content (AvgIpc) is 2.36. The van der Waals surface area contributed by atoms with E-state index in [4.69, 9.17) is 0 Å². The number of hydrogen-bond donors (Lipinski definition) is 0. The van der Waals surface area contributed by atoms with E-state index in [0.29, 0.717) is 24.9 Å². The van der Waals surface area contributed by atoms with Crippen LogP contribution in [0.2, 0.25) is 0 Å². The lowest BCUT2D eigenvalue weighted by Crippen LogP contribution is -2.37. The molecular formula is C16H23F2NO2. The van der Waals surface area contributed by atoms with Gasteiger partial charge in [-0.1, -0.05) is 39.8 Å². The van der Waals surface area contributed by atoms with Crippen molar-refractivity contribution in [2.24, 2.45) is 11.8 Å². The Morgan fingerprint density at radius 2 is 1.62 bits per heavy atom. The lowest BCUT2D eigenvalue weighted by molar-refractivity contribution is -0.0503. The fourth-order valence-electron chi connectivity index (χ4n) is 2.13. The summed E-state index contributed by atoms with van der Waals surface area (Å²) < 4.78 is 29.3. The first-order valence-electron chi connectivity index (χ1n) is 7.14. The van der Waals surface area contributed by atoms with Crippen molar-refractivity contribution in [1.29, 1.82) is 0 Å². The molecule has 1 rings (SSSR count). The lowest BCUT2D eigenvalue weighted by Gasteiger charge is -2.27. The van der Waals surface area contributed by atoms with Gasteiger partial charge in [-0.2, -0.15) is 8.78 Å². The van der Waals surface area contributed by atoms with E-state index in [0.717, 1.165) is 0 Å². The number of rotatable bonds is 7. The van der Waals surface area contributed by atoms with Crippen molar-refractivity contribution in [1.82, 2.24) is 4.90 Å². The third-order valence-electron chi connectivity index (χ3n) is 2.79.